The lowest BCUT2D eigenvalue weighted by molar-refractivity contribution is -0.121. The number of nitrogens with zero attached hydrogens (tertiary/aromatic N) is 1. The fourth-order valence-electron chi connectivity index (χ4n) is 2.55. The average molecular weight is 328 g/mol. The highest BCUT2D eigenvalue weighted by Gasteiger charge is 2.24. The van der Waals surface area contributed by atoms with Gasteiger partial charge in [-0.25, -0.2) is 4.39 Å². The molecule has 0 fully saturated rings. The van der Waals surface area contributed by atoms with E-state index in [-0.39, 0.29) is 30.7 Å². The van der Waals surface area contributed by atoms with Crippen LogP contribution in [-0.2, 0) is 9.59 Å². The molecule has 124 valence electrons. The van der Waals surface area contributed by atoms with Gasteiger partial charge in [-0.2, -0.15) is 0 Å². The van der Waals surface area contributed by atoms with Gasteiger partial charge < -0.3 is 15.0 Å². The maximum absolute atomic E-state index is 12.8. The molecule has 1 aliphatic heterocycles. The second-order valence-electron chi connectivity index (χ2n) is 5.46. The minimum atomic E-state index is -0.350. The summed E-state index contributed by atoms with van der Waals surface area (Å²) in [4.78, 5) is 25.6. The number of fused-ring (bicyclic) bond motifs is 1. The molecule has 0 unspecified atom stereocenters. The van der Waals surface area contributed by atoms with Crippen LogP contribution < -0.4 is 15.0 Å². The Morgan fingerprint density at radius 2 is 1.92 bits per heavy atom. The molecule has 0 radical (unpaired) electrons. The number of hydrogen-bond donors (Lipinski definition) is 1. The highest BCUT2D eigenvalue weighted by Crippen LogP contribution is 2.31. The normalized spacial score (nSPS) is 13.2. The van der Waals surface area contributed by atoms with Crippen LogP contribution in [0.15, 0.2) is 48.5 Å². The van der Waals surface area contributed by atoms with Gasteiger partial charge in [-0.1, -0.05) is 12.1 Å². The number of carbonyl (C=O) groups is 2. The average Bonchev–Trinajstić information content (AvgIpc) is 2.59. The van der Waals surface area contributed by atoms with E-state index in [4.69, 9.17) is 4.74 Å². The van der Waals surface area contributed by atoms with Crippen LogP contribution in [0, 0.1) is 5.82 Å². The van der Waals surface area contributed by atoms with Crippen molar-refractivity contribution in [1.29, 1.82) is 0 Å². The molecule has 1 N–H and O–H groups in total. The maximum Gasteiger partial charge on any atom is 0.265 e. The Hall–Kier alpha value is -2.89. The summed E-state index contributed by atoms with van der Waals surface area (Å²) >= 11 is 0. The van der Waals surface area contributed by atoms with Crippen molar-refractivity contribution >= 4 is 23.2 Å². The molecule has 3 rings (SSSR count). The molecule has 0 spiro atoms. The zero-order chi connectivity index (χ0) is 16.9. The predicted molar refractivity (Wildman–Crippen MR) is 88.6 cm³/mol. The number of anilines is 2. The van der Waals surface area contributed by atoms with E-state index in [2.05, 4.69) is 5.32 Å². The molecule has 1 aliphatic rings. The molecule has 0 saturated carbocycles. The Labute approximate surface area is 139 Å². The molecule has 1 heterocycles. The largest absolute Gasteiger partial charge is 0.482 e. The molecule has 6 heteroatoms. The lowest BCUT2D eigenvalue weighted by atomic mass is 10.2. The van der Waals surface area contributed by atoms with Crippen LogP contribution in [0.3, 0.4) is 0 Å². The van der Waals surface area contributed by atoms with Gasteiger partial charge >= 0.3 is 0 Å². The van der Waals surface area contributed by atoms with Crippen molar-refractivity contribution in [1.82, 2.24) is 0 Å². The van der Waals surface area contributed by atoms with E-state index in [0.29, 0.717) is 24.4 Å². The molecule has 24 heavy (non-hydrogen) atoms. The van der Waals surface area contributed by atoms with Crippen LogP contribution in [0.4, 0.5) is 15.8 Å². The topological polar surface area (TPSA) is 58.6 Å². The molecule has 0 saturated heterocycles. The summed E-state index contributed by atoms with van der Waals surface area (Å²) in [6.45, 7) is 0.453. The summed E-state index contributed by atoms with van der Waals surface area (Å²) in [5.41, 5.74) is 1.28. The third-order valence-electron chi connectivity index (χ3n) is 3.72. The minimum Gasteiger partial charge on any atom is -0.482 e. The van der Waals surface area contributed by atoms with Crippen LogP contribution >= 0.6 is 0 Å². The lowest BCUT2D eigenvalue weighted by Crippen LogP contribution is -2.39. The van der Waals surface area contributed by atoms with Gasteiger partial charge in [-0.3, -0.25) is 9.59 Å². The second-order valence-corrected chi connectivity index (χ2v) is 5.46. The zero-order valence-corrected chi connectivity index (χ0v) is 13.0. The fraction of sp³-hybridized carbons (Fsp3) is 0.222. The molecular weight excluding hydrogens is 311 g/mol. The summed E-state index contributed by atoms with van der Waals surface area (Å²) in [7, 11) is 0. The van der Waals surface area contributed by atoms with E-state index in [1.54, 1.807) is 4.90 Å². The molecule has 2 amide bonds. The molecule has 0 bridgehead atoms. The summed E-state index contributed by atoms with van der Waals surface area (Å²) in [6.07, 6.45) is 0.789. The third-order valence-corrected chi connectivity index (χ3v) is 3.72. The summed E-state index contributed by atoms with van der Waals surface area (Å²) in [6, 6.07) is 12.9. The van der Waals surface area contributed by atoms with Crippen molar-refractivity contribution < 1.29 is 18.7 Å². The SMILES string of the molecule is O=C(CCCN1C(=O)COc2ccccc21)Nc1ccc(F)cc1. The van der Waals surface area contributed by atoms with E-state index in [0.717, 1.165) is 5.69 Å². The number of para-hydroxylation sites is 2. The number of hydrogen-bond acceptors (Lipinski definition) is 3. The summed E-state index contributed by atoms with van der Waals surface area (Å²) < 4.78 is 18.2. The van der Waals surface area contributed by atoms with Gasteiger partial charge in [0, 0.05) is 18.7 Å². The zero-order valence-electron chi connectivity index (χ0n) is 13.0. The van der Waals surface area contributed by atoms with Gasteiger partial charge in [0.15, 0.2) is 6.61 Å². The predicted octanol–water partition coefficient (Wildman–Crippen LogP) is 2.97. The van der Waals surface area contributed by atoms with Gasteiger partial charge in [0.05, 0.1) is 5.69 Å². The highest BCUT2D eigenvalue weighted by molar-refractivity contribution is 5.98. The number of amides is 2. The maximum atomic E-state index is 12.8. The number of nitrogens with one attached hydrogen (secondary N) is 1. The quantitative estimate of drug-likeness (QED) is 0.918. The highest BCUT2D eigenvalue weighted by atomic mass is 19.1. The standard InChI is InChI=1S/C18H17FN2O3/c19-13-7-9-14(10-8-13)20-17(22)6-3-11-21-15-4-1-2-5-16(15)24-12-18(21)23/h1-2,4-5,7-10H,3,6,11-12H2,(H,20,22). The van der Waals surface area contributed by atoms with Crippen LogP contribution in [0.5, 0.6) is 5.75 Å². The van der Waals surface area contributed by atoms with E-state index in [1.807, 2.05) is 24.3 Å². The molecule has 5 nitrogen and oxygen atoms in total. The Bertz CT molecular complexity index is 746. The van der Waals surface area contributed by atoms with Gasteiger partial charge in [0.2, 0.25) is 5.91 Å². The molecule has 0 atom stereocenters. The molecular formula is C18H17FN2O3. The Morgan fingerprint density at radius 3 is 2.71 bits per heavy atom. The molecule has 0 aromatic heterocycles. The van der Waals surface area contributed by atoms with Crippen molar-refractivity contribution in [3.05, 3.63) is 54.3 Å². The summed E-state index contributed by atoms with van der Waals surface area (Å²) in [5.74, 6) is 0.0357. The van der Waals surface area contributed by atoms with Crippen LogP contribution in [-0.4, -0.2) is 25.0 Å². The first-order valence-corrected chi connectivity index (χ1v) is 7.71. The number of ether oxygens (including phenoxy) is 1. The van der Waals surface area contributed by atoms with E-state index in [1.165, 1.54) is 24.3 Å². The molecule has 0 aliphatic carbocycles. The Balaban J connectivity index is 1.53. The third kappa shape index (κ3) is 3.71. The smallest absolute Gasteiger partial charge is 0.265 e. The summed E-state index contributed by atoms with van der Waals surface area (Å²) in [5, 5.41) is 2.70. The monoisotopic (exact) mass is 328 g/mol. The van der Waals surface area contributed by atoms with Gasteiger partial charge in [-0.15, -0.1) is 0 Å². The van der Waals surface area contributed by atoms with E-state index >= 15 is 0 Å². The van der Waals surface area contributed by atoms with Crippen molar-refractivity contribution in [3.63, 3.8) is 0 Å². The van der Waals surface area contributed by atoms with E-state index in [9.17, 15) is 14.0 Å². The first-order chi connectivity index (χ1) is 11.6. The fourth-order valence-corrected chi connectivity index (χ4v) is 2.55. The van der Waals surface area contributed by atoms with Crippen LogP contribution in [0.1, 0.15) is 12.8 Å². The number of rotatable bonds is 5. The van der Waals surface area contributed by atoms with Crippen molar-refractivity contribution in [2.75, 3.05) is 23.4 Å². The van der Waals surface area contributed by atoms with Gasteiger partial charge in [0.25, 0.3) is 5.91 Å². The first kappa shape index (κ1) is 16.0. The van der Waals surface area contributed by atoms with Gasteiger partial charge in [-0.05, 0) is 42.8 Å². The van der Waals surface area contributed by atoms with E-state index < -0.39 is 0 Å². The Morgan fingerprint density at radius 1 is 1.17 bits per heavy atom. The Kier molecular flexibility index (Phi) is 4.74. The minimum absolute atomic E-state index is 0.0127. The van der Waals surface area contributed by atoms with Crippen molar-refractivity contribution in [2.45, 2.75) is 12.8 Å². The number of benzene rings is 2. The van der Waals surface area contributed by atoms with Gasteiger partial charge in [0.1, 0.15) is 11.6 Å². The first-order valence-electron chi connectivity index (χ1n) is 7.71. The number of halogens is 1. The lowest BCUT2D eigenvalue weighted by Gasteiger charge is -2.29. The second kappa shape index (κ2) is 7.12. The number of carbonyl (C=O) groups excluding carboxylic acids is 2. The van der Waals surface area contributed by atoms with Crippen LogP contribution in [0.25, 0.3) is 0 Å². The molecule has 2 aromatic carbocycles. The van der Waals surface area contributed by atoms with Crippen molar-refractivity contribution in [2.24, 2.45) is 0 Å². The van der Waals surface area contributed by atoms with Crippen molar-refractivity contribution in [3.8, 4) is 5.75 Å². The molecule has 2 aromatic rings. The van der Waals surface area contributed by atoms with Crippen LogP contribution in [0.2, 0.25) is 0 Å².